The third kappa shape index (κ3) is 5.96. The topological polar surface area (TPSA) is 32.3 Å². The first-order valence-corrected chi connectivity index (χ1v) is 12.4. The van der Waals surface area contributed by atoms with Crippen LogP contribution in [0.4, 0.5) is 10.5 Å². The van der Waals surface area contributed by atoms with Gasteiger partial charge in [0.15, 0.2) is 0 Å². The predicted octanol–water partition coefficient (Wildman–Crippen LogP) is 8.17. The third-order valence-electron chi connectivity index (χ3n) is 7.13. The molecule has 0 heterocycles. The number of rotatable bonds is 5. The average Bonchev–Trinajstić information content (AvgIpc) is 2.81. The van der Waals surface area contributed by atoms with Crippen molar-refractivity contribution in [2.75, 3.05) is 5.32 Å². The second-order valence-corrected chi connectivity index (χ2v) is 9.98. The summed E-state index contributed by atoms with van der Waals surface area (Å²) in [7, 11) is 0. The highest BCUT2D eigenvalue weighted by atomic mass is 35.5. The van der Waals surface area contributed by atoms with Crippen molar-refractivity contribution in [3.8, 4) is 0 Å². The zero-order valence-electron chi connectivity index (χ0n) is 18.0. The smallest absolute Gasteiger partial charge is 0.317 e. The van der Waals surface area contributed by atoms with Crippen LogP contribution in [0.25, 0.3) is 0 Å². The number of nitrogens with one attached hydrogen (secondary N) is 1. The number of hydrogen-bond donors (Lipinski definition) is 1. The van der Waals surface area contributed by atoms with E-state index in [1.807, 2.05) is 23.1 Å². The maximum absolute atomic E-state index is 13.4. The Morgan fingerprint density at radius 2 is 1.55 bits per heavy atom. The Bertz CT molecular complexity index is 859. The van der Waals surface area contributed by atoms with Crippen LogP contribution in [-0.2, 0) is 6.54 Å². The fraction of sp³-hybridized carbons (Fsp3) is 0.500. The van der Waals surface area contributed by atoms with E-state index in [0.717, 1.165) is 30.2 Å². The molecule has 4 rings (SSSR count). The number of hydrogen-bond acceptors (Lipinski definition) is 1. The third-order valence-corrected chi connectivity index (χ3v) is 7.69. The number of nitrogens with zero attached hydrogens (tertiary/aromatic N) is 1. The van der Waals surface area contributed by atoms with Gasteiger partial charge in [-0.15, -0.1) is 0 Å². The van der Waals surface area contributed by atoms with Gasteiger partial charge in [-0.2, -0.15) is 0 Å². The maximum Gasteiger partial charge on any atom is 0.322 e. The van der Waals surface area contributed by atoms with E-state index >= 15 is 0 Å². The molecule has 3 nitrogen and oxygen atoms in total. The molecular formula is C26H32Cl2N2O. The van der Waals surface area contributed by atoms with Crippen molar-refractivity contribution in [3.63, 3.8) is 0 Å². The van der Waals surface area contributed by atoms with Crippen LogP contribution in [0, 0.1) is 11.8 Å². The van der Waals surface area contributed by atoms with Gasteiger partial charge in [-0.05, 0) is 61.3 Å². The molecule has 5 heteroatoms. The standard InChI is InChI=1S/C26H32Cl2N2O/c27-22-13-16-24(28)25(17-22)29-26(31)30(18-19-7-3-1-4-8-19)23-14-11-21(12-15-23)20-9-5-2-6-10-20/h1,3-4,7-8,13,16-17,20-21,23H,2,5-6,9-12,14-15,18H2,(H,29,31). The Labute approximate surface area is 196 Å². The van der Waals surface area contributed by atoms with Gasteiger partial charge < -0.3 is 10.2 Å². The highest BCUT2D eigenvalue weighted by Crippen LogP contribution is 2.39. The SMILES string of the molecule is O=C(Nc1cc(Cl)ccc1Cl)N(Cc1ccccc1)C1CCC(C2CCCCC2)CC1. The van der Waals surface area contributed by atoms with E-state index in [0.29, 0.717) is 22.3 Å². The van der Waals surface area contributed by atoms with Crippen LogP contribution in [0.15, 0.2) is 48.5 Å². The number of benzene rings is 2. The molecule has 2 aliphatic carbocycles. The Kier molecular flexibility index (Phi) is 7.79. The number of carbonyl (C=O) groups excluding carboxylic acids is 1. The van der Waals surface area contributed by atoms with Gasteiger partial charge in [0.05, 0.1) is 10.7 Å². The normalized spacial score (nSPS) is 22.1. The van der Waals surface area contributed by atoms with Crippen LogP contribution in [-0.4, -0.2) is 17.0 Å². The van der Waals surface area contributed by atoms with Crippen LogP contribution in [0.5, 0.6) is 0 Å². The number of halogens is 2. The summed E-state index contributed by atoms with van der Waals surface area (Å²) in [6.45, 7) is 0.601. The van der Waals surface area contributed by atoms with Crippen LogP contribution < -0.4 is 5.32 Å². The van der Waals surface area contributed by atoms with E-state index in [9.17, 15) is 4.79 Å². The first-order valence-electron chi connectivity index (χ1n) is 11.7. The lowest BCUT2D eigenvalue weighted by molar-refractivity contribution is 0.120. The van der Waals surface area contributed by atoms with Crippen LogP contribution >= 0.6 is 23.2 Å². The van der Waals surface area contributed by atoms with Crippen molar-refractivity contribution in [2.45, 2.75) is 70.4 Å². The Balaban J connectivity index is 1.46. The van der Waals surface area contributed by atoms with E-state index < -0.39 is 0 Å². The quantitative estimate of drug-likeness (QED) is 0.481. The Morgan fingerprint density at radius 1 is 0.871 bits per heavy atom. The molecule has 0 saturated heterocycles. The summed E-state index contributed by atoms with van der Waals surface area (Å²) in [6, 6.07) is 15.5. The molecule has 166 valence electrons. The monoisotopic (exact) mass is 458 g/mol. The minimum absolute atomic E-state index is 0.103. The molecule has 0 aliphatic heterocycles. The van der Waals surface area contributed by atoms with E-state index in [1.165, 1.54) is 44.9 Å². The minimum atomic E-state index is -0.103. The summed E-state index contributed by atoms with van der Waals surface area (Å²) in [6.07, 6.45) is 11.6. The van der Waals surface area contributed by atoms with Crippen molar-refractivity contribution in [2.24, 2.45) is 11.8 Å². The van der Waals surface area contributed by atoms with Gasteiger partial charge in [0.2, 0.25) is 0 Å². The second kappa shape index (κ2) is 10.7. The lowest BCUT2D eigenvalue weighted by Gasteiger charge is -2.40. The van der Waals surface area contributed by atoms with Gasteiger partial charge in [0, 0.05) is 17.6 Å². The lowest BCUT2D eigenvalue weighted by atomic mass is 9.72. The van der Waals surface area contributed by atoms with Gasteiger partial charge in [-0.3, -0.25) is 0 Å². The largest absolute Gasteiger partial charge is 0.322 e. The molecule has 0 atom stereocenters. The summed E-state index contributed by atoms with van der Waals surface area (Å²) in [5.41, 5.74) is 1.71. The first-order chi connectivity index (χ1) is 15.1. The van der Waals surface area contributed by atoms with Gasteiger partial charge >= 0.3 is 6.03 Å². The predicted molar refractivity (Wildman–Crippen MR) is 130 cm³/mol. The highest BCUT2D eigenvalue weighted by molar-refractivity contribution is 6.35. The molecule has 2 amide bonds. The van der Waals surface area contributed by atoms with Crippen molar-refractivity contribution < 1.29 is 4.79 Å². The summed E-state index contributed by atoms with van der Waals surface area (Å²) < 4.78 is 0. The van der Waals surface area contributed by atoms with Crippen LogP contribution in [0.1, 0.15) is 63.4 Å². The maximum atomic E-state index is 13.4. The molecule has 2 fully saturated rings. The molecule has 2 aromatic rings. The number of carbonyl (C=O) groups is 1. The average molecular weight is 459 g/mol. The van der Waals surface area contributed by atoms with Crippen molar-refractivity contribution in [1.82, 2.24) is 4.90 Å². The zero-order chi connectivity index (χ0) is 21.6. The van der Waals surface area contributed by atoms with E-state index in [4.69, 9.17) is 23.2 Å². The first kappa shape index (κ1) is 22.5. The van der Waals surface area contributed by atoms with Crippen molar-refractivity contribution in [3.05, 3.63) is 64.1 Å². The van der Waals surface area contributed by atoms with Gasteiger partial charge in [-0.25, -0.2) is 4.79 Å². The molecule has 31 heavy (non-hydrogen) atoms. The summed E-state index contributed by atoms with van der Waals surface area (Å²) in [4.78, 5) is 15.4. The summed E-state index contributed by atoms with van der Waals surface area (Å²) in [5.74, 6) is 1.73. The molecular weight excluding hydrogens is 427 g/mol. The molecule has 0 unspecified atom stereocenters. The molecule has 2 aliphatic rings. The van der Waals surface area contributed by atoms with Gasteiger partial charge in [-0.1, -0.05) is 85.6 Å². The van der Waals surface area contributed by atoms with Crippen molar-refractivity contribution >= 4 is 34.9 Å². The molecule has 0 radical (unpaired) electrons. The van der Waals surface area contributed by atoms with Crippen LogP contribution in [0.3, 0.4) is 0 Å². The summed E-state index contributed by atoms with van der Waals surface area (Å²) in [5, 5.41) is 4.07. The Morgan fingerprint density at radius 3 is 2.26 bits per heavy atom. The van der Waals surface area contributed by atoms with E-state index in [-0.39, 0.29) is 12.1 Å². The zero-order valence-corrected chi connectivity index (χ0v) is 19.5. The molecule has 0 aromatic heterocycles. The van der Waals surface area contributed by atoms with E-state index in [2.05, 4.69) is 17.4 Å². The number of anilines is 1. The number of amides is 2. The van der Waals surface area contributed by atoms with Crippen molar-refractivity contribution in [1.29, 1.82) is 0 Å². The second-order valence-electron chi connectivity index (χ2n) is 9.13. The van der Waals surface area contributed by atoms with Crippen LogP contribution in [0.2, 0.25) is 10.0 Å². The molecule has 0 spiro atoms. The fourth-order valence-electron chi connectivity index (χ4n) is 5.42. The summed E-state index contributed by atoms with van der Waals surface area (Å²) >= 11 is 12.4. The van der Waals surface area contributed by atoms with E-state index in [1.54, 1.807) is 18.2 Å². The molecule has 0 bridgehead atoms. The lowest BCUT2D eigenvalue weighted by Crippen LogP contribution is -2.44. The fourth-order valence-corrected chi connectivity index (χ4v) is 5.75. The van der Waals surface area contributed by atoms with Gasteiger partial charge in [0.25, 0.3) is 0 Å². The Hall–Kier alpha value is -1.71. The minimum Gasteiger partial charge on any atom is -0.317 e. The number of urea groups is 1. The molecule has 2 saturated carbocycles. The molecule has 1 N–H and O–H groups in total. The highest BCUT2D eigenvalue weighted by Gasteiger charge is 2.33. The molecule has 2 aromatic carbocycles. The van der Waals surface area contributed by atoms with Gasteiger partial charge in [0.1, 0.15) is 0 Å².